The molecule has 0 amide bonds. The van der Waals surface area contributed by atoms with E-state index in [0.717, 1.165) is 17.9 Å². The van der Waals surface area contributed by atoms with Gasteiger partial charge in [-0.2, -0.15) is 0 Å². The van der Waals surface area contributed by atoms with Crippen molar-refractivity contribution >= 4 is 5.96 Å². The Kier molecular flexibility index (Phi) is 4.04. The van der Waals surface area contributed by atoms with Crippen molar-refractivity contribution in [1.29, 1.82) is 0 Å². The third-order valence-corrected chi connectivity index (χ3v) is 2.76. The highest BCUT2D eigenvalue weighted by molar-refractivity contribution is 5.79. The summed E-state index contributed by atoms with van der Waals surface area (Å²) >= 11 is 0. The Morgan fingerprint density at radius 2 is 2.28 bits per heavy atom. The van der Waals surface area contributed by atoms with Gasteiger partial charge in [-0.05, 0) is 12.0 Å². The van der Waals surface area contributed by atoms with E-state index >= 15 is 0 Å². The van der Waals surface area contributed by atoms with Crippen LogP contribution in [0.15, 0.2) is 29.3 Å². The maximum absolute atomic E-state index is 5.60. The molecule has 1 aromatic carbocycles. The number of fused-ring (bicyclic) bond motifs is 1. The molecule has 0 saturated carbocycles. The maximum atomic E-state index is 5.60. The number of guanidine groups is 1. The van der Waals surface area contributed by atoms with Gasteiger partial charge in [0.1, 0.15) is 12.4 Å². The molecule has 1 unspecified atom stereocenters. The molecule has 1 aliphatic heterocycles. The number of nitrogens with zero attached hydrogens (tertiary/aromatic N) is 1. The fourth-order valence-corrected chi connectivity index (χ4v) is 1.85. The van der Waals surface area contributed by atoms with Gasteiger partial charge in [-0.15, -0.1) is 0 Å². The average molecular weight is 248 g/mol. The van der Waals surface area contributed by atoms with Crippen LogP contribution in [0.2, 0.25) is 0 Å². The Bertz CT molecular complexity index is 431. The summed E-state index contributed by atoms with van der Waals surface area (Å²) in [5.41, 5.74) is 3.74. The smallest absolute Gasteiger partial charge is 0.206 e. The van der Waals surface area contributed by atoms with E-state index in [0.29, 0.717) is 18.5 Å². The van der Waals surface area contributed by atoms with Crippen LogP contribution in [0.25, 0.3) is 0 Å². The molecular weight excluding hydrogens is 228 g/mol. The van der Waals surface area contributed by atoms with Crippen LogP contribution < -0.4 is 21.3 Å². The van der Waals surface area contributed by atoms with E-state index < -0.39 is 0 Å². The van der Waals surface area contributed by atoms with Gasteiger partial charge in [-0.1, -0.05) is 32.0 Å². The summed E-state index contributed by atoms with van der Waals surface area (Å²) in [6.07, 6.45) is 0. The zero-order chi connectivity index (χ0) is 13.0. The van der Waals surface area contributed by atoms with Crippen molar-refractivity contribution in [3.63, 3.8) is 0 Å². The number of ether oxygens (including phenoxy) is 1. The molecule has 5 heteroatoms. The van der Waals surface area contributed by atoms with Crippen molar-refractivity contribution in [2.75, 3.05) is 13.2 Å². The largest absolute Gasteiger partial charge is 0.491 e. The van der Waals surface area contributed by atoms with E-state index in [1.165, 1.54) is 0 Å². The molecular formula is C13H20N4O. The molecule has 0 saturated heterocycles. The molecule has 5 nitrogen and oxygen atoms in total. The first-order chi connectivity index (χ1) is 8.70. The van der Waals surface area contributed by atoms with Crippen molar-refractivity contribution < 1.29 is 4.74 Å². The maximum Gasteiger partial charge on any atom is 0.206 e. The van der Waals surface area contributed by atoms with Crippen LogP contribution in [-0.2, 0) is 0 Å². The SMILES string of the molecule is CC(C)CN=C(NN)NC1COc2ccccc21. The fraction of sp³-hybridized carbons (Fsp3) is 0.462. The van der Waals surface area contributed by atoms with Gasteiger partial charge in [0.15, 0.2) is 0 Å². The van der Waals surface area contributed by atoms with Gasteiger partial charge in [0, 0.05) is 12.1 Å². The van der Waals surface area contributed by atoms with Crippen LogP contribution in [0.5, 0.6) is 5.75 Å². The summed E-state index contributed by atoms with van der Waals surface area (Å²) in [5.74, 6) is 7.51. The van der Waals surface area contributed by atoms with Crippen molar-refractivity contribution in [2.24, 2.45) is 16.8 Å². The predicted molar refractivity (Wildman–Crippen MR) is 72.3 cm³/mol. The zero-order valence-electron chi connectivity index (χ0n) is 10.8. The fourth-order valence-electron chi connectivity index (χ4n) is 1.85. The number of nitrogens with one attached hydrogen (secondary N) is 2. The highest BCUT2D eigenvalue weighted by Crippen LogP contribution is 2.31. The van der Waals surface area contributed by atoms with Gasteiger partial charge < -0.3 is 10.1 Å². The lowest BCUT2D eigenvalue weighted by Crippen LogP contribution is -2.44. The molecule has 0 radical (unpaired) electrons. The third kappa shape index (κ3) is 2.92. The lowest BCUT2D eigenvalue weighted by atomic mass is 10.1. The van der Waals surface area contributed by atoms with E-state index in [-0.39, 0.29) is 6.04 Å². The second-order valence-corrected chi connectivity index (χ2v) is 4.77. The van der Waals surface area contributed by atoms with Crippen LogP contribution >= 0.6 is 0 Å². The normalized spacial score (nSPS) is 18.4. The summed E-state index contributed by atoms with van der Waals surface area (Å²) in [7, 11) is 0. The number of benzene rings is 1. The minimum atomic E-state index is 0.100. The van der Waals surface area contributed by atoms with Gasteiger partial charge in [0.05, 0.1) is 6.04 Å². The van der Waals surface area contributed by atoms with Crippen LogP contribution in [-0.4, -0.2) is 19.1 Å². The first kappa shape index (κ1) is 12.7. The number of aliphatic imine (C=N–C) groups is 1. The van der Waals surface area contributed by atoms with Crippen LogP contribution in [0.1, 0.15) is 25.5 Å². The monoisotopic (exact) mass is 248 g/mol. The van der Waals surface area contributed by atoms with Crippen molar-refractivity contribution in [3.8, 4) is 5.75 Å². The van der Waals surface area contributed by atoms with Crippen LogP contribution in [0, 0.1) is 5.92 Å². The molecule has 1 aromatic rings. The van der Waals surface area contributed by atoms with E-state index in [1.807, 2.05) is 18.2 Å². The summed E-state index contributed by atoms with van der Waals surface area (Å²) < 4.78 is 5.60. The second kappa shape index (κ2) is 5.73. The Hall–Kier alpha value is -1.75. The van der Waals surface area contributed by atoms with Gasteiger partial charge in [-0.3, -0.25) is 10.4 Å². The standard InChI is InChI=1S/C13H20N4O/c1-9(2)7-15-13(17-14)16-11-8-18-12-6-4-3-5-10(11)12/h3-6,9,11H,7-8,14H2,1-2H3,(H2,15,16,17). The summed E-state index contributed by atoms with van der Waals surface area (Å²) in [4.78, 5) is 4.39. The number of hydrogen-bond acceptors (Lipinski definition) is 3. The van der Waals surface area contributed by atoms with E-state index in [4.69, 9.17) is 10.6 Å². The second-order valence-electron chi connectivity index (χ2n) is 4.77. The summed E-state index contributed by atoms with van der Waals surface area (Å²) in [6, 6.07) is 8.09. The first-order valence-corrected chi connectivity index (χ1v) is 6.20. The molecule has 1 heterocycles. The van der Waals surface area contributed by atoms with Gasteiger partial charge in [0.2, 0.25) is 5.96 Å². The molecule has 18 heavy (non-hydrogen) atoms. The van der Waals surface area contributed by atoms with Crippen LogP contribution in [0.3, 0.4) is 0 Å². The molecule has 0 bridgehead atoms. The van der Waals surface area contributed by atoms with Crippen LogP contribution in [0.4, 0.5) is 0 Å². The van der Waals surface area contributed by atoms with Gasteiger partial charge in [-0.25, -0.2) is 5.84 Å². The van der Waals surface area contributed by atoms with Crippen molar-refractivity contribution in [3.05, 3.63) is 29.8 Å². The Balaban J connectivity index is 2.04. The number of hydrazine groups is 1. The molecule has 1 aliphatic rings. The third-order valence-electron chi connectivity index (χ3n) is 2.76. The van der Waals surface area contributed by atoms with E-state index in [1.54, 1.807) is 0 Å². The highest BCUT2D eigenvalue weighted by atomic mass is 16.5. The van der Waals surface area contributed by atoms with E-state index in [9.17, 15) is 0 Å². The number of hydrogen-bond donors (Lipinski definition) is 3. The number of nitrogens with two attached hydrogens (primary N) is 1. The molecule has 98 valence electrons. The van der Waals surface area contributed by atoms with Gasteiger partial charge >= 0.3 is 0 Å². The van der Waals surface area contributed by atoms with Crippen molar-refractivity contribution in [1.82, 2.24) is 10.7 Å². The molecule has 0 aromatic heterocycles. The topological polar surface area (TPSA) is 71.7 Å². The quantitative estimate of drug-likeness (QED) is 0.325. The van der Waals surface area contributed by atoms with Crippen molar-refractivity contribution in [2.45, 2.75) is 19.9 Å². The molecule has 0 spiro atoms. The lowest BCUT2D eigenvalue weighted by Gasteiger charge is -2.15. The highest BCUT2D eigenvalue weighted by Gasteiger charge is 2.24. The predicted octanol–water partition coefficient (Wildman–Crippen LogP) is 1.18. The molecule has 1 atom stereocenters. The van der Waals surface area contributed by atoms with Gasteiger partial charge in [0.25, 0.3) is 0 Å². The van der Waals surface area contributed by atoms with E-state index in [2.05, 4.69) is 35.6 Å². The average Bonchev–Trinajstić information content (AvgIpc) is 2.77. The summed E-state index contributed by atoms with van der Waals surface area (Å²) in [5, 5.41) is 3.27. The Morgan fingerprint density at radius 1 is 1.50 bits per heavy atom. The molecule has 0 aliphatic carbocycles. The molecule has 2 rings (SSSR count). The molecule has 0 fully saturated rings. The first-order valence-electron chi connectivity index (χ1n) is 6.20. The number of para-hydroxylation sites is 1. The zero-order valence-corrected chi connectivity index (χ0v) is 10.8. The minimum absolute atomic E-state index is 0.100. The number of rotatable bonds is 3. The Labute approximate surface area is 107 Å². The molecule has 4 N–H and O–H groups in total. The lowest BCUT2D eigenvalue weighted by molar-refractivity contribution is 0.323. The summed E-state index contributed by atoms with van der Waals surface area (Å²) in [6.45, 7) is 5.57. The Morgan fingerprint density at radius 3 is 3.00 bits per heavy atom. The minimum Gasteiger partial charge on any atom is -0.491 e.